The number of nitrogens with one attached hydrogen (secondary N) is 1. The SMILES string of the molecule is CC(=O)Nc1sc2c(c1C(=O)OCC(=O)N1CCCC[C@@H]1C)CCCC2. The van der Waals surface area contributed by atoms with Crippen molar-refractivity contribution in [3.63, 3.8) is 0 Å². The highest BCUT2D eigenvalue weighted by atomic mass is 32.1. The van der Waals surface area contributed by atoms with E-state index in [1.807, 2.05) is 6.92 Å². The fourth-order valence-electron chi connectivity index (χ4n) is 3.78. The van der Waals surface area contributed by atoms with E-state index in [1.165, 1.54) is 18.3 Å². The quantitative estimate of drug-likeness (QED) is 0.817. The third-order valence-corrected chi connectivity index (χ3v) is 6.32. The Balaban J connectivity index is 1.71. The fraction of sp³-hybridized carbons (Fsp3) is 0.632. The summed E-state index contributed by atoms with van der Waals surface area (Å²) in [5, 5.41) is 3.30. The van der Waals surface area contributed by atoms with Gasteiger partial charge in [-0.1, -0.05) is 0 Å². The van der Waals surface area contributed by atoms with Gasteiger partial charge in [-0.3, -0.25) is 9.59 Å². The van der Waals surface area contributed by atoms with E-state index >= 15 is 0 Å². The molecule has 3 rings (SSSR count). The third kappa shape index (κ3) is 4.09. The number of likely N-dealkylation sites (tertiary alicyclic amines) is 1. The molecule has 2 aliphatic rings. The maximum absolute atomic E-state index is 12.7. The lowest BCUT2D eigenvalue weighted by Crippen LogP contribution is -2.44. The highest BCUT2D eigenvalue weighted by Gasteiger charge is 2.29. The molecule has 142 valence electrons. The number of anilines is 1. The molecule has 1 fully saturated rings. The first-order valence-electron chi connectivity index (χ1n) is 9.36. The second-order valence-corrected chi connectivity index (χ2v) is 8.21. The van der Waals surface area contributed by atoms with E-state index < -0.39 is 5.97 Å². The molecule has 1 aromatic heterocycles. The molecule has 1 aliphatic heterocycles. The minimum absolute atomic E-state index is 0.143. The Kier molecular flexibility index (Phi) is 5.96. The standard InChI is InChI=1S/C19H26N2O4S/c1-12-7-5-6-10-21(12)16(23)11-25-19(24)17-14-8-3-4-9-15(14)26-18(17)20-13(2)22/h12H,3-11H2,1-2H3,(H,20,22)/t12-/m0/s1. The first-order valence-corrected chi connectivity index (χ1v) is 10.2. The van der Waals surface area contributed by atoms with Crippen LogP contribution in [-0.2, 0) is 27.2 Å². The van der Waals surface area contributed by atoms with Crippen LogP contribution in [0.5, 0.6) is 0 Å². The van der Waals surface area contributed by atoms with Crippen molar-refractivity contribution >= 4 is 34.1 Å². The van der Waals surface area contributed by atoms with Crippen LogP contribution in [0.25, 0.3) is 0 Å². The Morgan fingerprint density at radius 1 is 1.19 bits per heavy atom. The molecule has 2 amide bonds. The highest BCUT2D eigenvalue weighted by molar-refractivity contribution is 7.17. The number of esters is 1. The molecule has 1 aromatic rings. The molecule has 1 atom stereocenters. The first kappa shape index (κ1) is 18.9. The fourth-order valence-corrected chi connectivity index (χ4v) is 5.10. The van der Waals surface area contributed by atoms with Crippen molar-refractivity contribution in [1.29, 1.82) is 0 Å². The van der Waals surface area contributed by atoms with Gasteiger partial charge in [0.25, 0.3) is 5.91 Å². The molecular weight excluding hydrogens is 352 g/mol. The Morgan fingerprint density at radius 2 is 1.96 bits per heavy atom. The zero-order chi connectivity index (χ0) is 18.7. The van der Waals surface area contributed by atoms with Gasteiger partial charge in [-0.25, -0.2) is 4.79 Å². The highest BCUT2D eigenvalue weighted by Crippen LogP contribution is 2.38. The molecule has 1 N–H and O–H groups in total. The van der Waals surface area contributed by atoms with Crippen molar-refractivity contribution in [3.8, 4) is 0 Å². The van der Waals surface area contributed by atoms with E-state index in [4.69, 9.17) is 4.74 Å². The Morgan fingerprint density at radius 3 is 2.69 bits per heavy atom. The molecule has 0 aromatic carbocycles. The first-order chi connectivity index (χ1) is 12.5. The molecular formula is C19H26N2O4S. The monoisotopic (exact) mass is 378 g/mol. The molecule has 0 radical (unpaired) electrons. The normalized spacial score (nSPS) is 19.6. The summed E-state index contributed by atoms with van der Waals surface area (Å²) < 4.78 is 5.36. The molecule has 0 saturated carbocycles. The van der Waals surface area contributed by atoms with E-state index in [0.29, 0.717) is 10.6 Å². The van der Waals surface area contributed by atoms with Gasteiger partial charge < -0.3 is 15.0 Å². The summed E-state index contributed by atoms with van der Waals surface area (Å²) in [6.07, 6.45) is 6.96. The van der Waals surface area contributed by atoms with Crippen molar-refractivity contribution in [1.82, 2.24) is 4.90 Å². The van der Waals surface area contributed by atoms with E-state index in [-0.39, 0.29) is 24.5 Å². The number of rotatable bonds is 4. The van der Waals surface area contributed by atoms with Crippen LogP contribution in [0.15, 0.2) is 0 Å². The average molecular weight is 378 g/mol. The second-order valence-electron chi connectivity index (χ2n) is 7.10. The number of nitrogens with zero attached hydrogens (tertiary/aromatic N) is 1. The maximum atomic E-state index is 12.7. The number of aryl methyl sites for hydroxylation is 1. The number of carbonyl (C=O) groups excluding carboxylic acids is 3. The van der Waals surface area contributed by atoms with Gasteiger partial charge in [0, 0.05) is 24.4 Å². The van der Waals surface area contributed by atoms with Crippen LogP contribution in [0.3, 0.4) is 0 Å². The van der Waals surface area contributed by atoms with Gasteiger partial charge in [0.15, 0.2) is 6.61 Å². The summed E-state index contributed by atoms with van der Waals surface area (Å²) in [6, 6.07) is 0.193. The number of thiophene rings is 1. The van der Waals surface area contributed by atoms with Gasteiger partial charge in [0.1, 0.15) is 5.00 Å². The molecule has 26 heavy (non-hydrogen) atoms. The van der Waals surface area contributed by atoms with Gasteiger partial charge in [-0.2, -0.15) is 0 Å². The van der Waals surface area contributed by atoms with Crippen LogP contribution < -0.4 is 5.32 Å². The van der Waals surface area contributed by atoms with Crippen molar-refractivity contribution in [2.75, 3.05) is 18.5 Å². The summed E-state index contributed by atoms with van der Waals surface area (Å²) in [6.45, 7) is 3.94. The summed E-state index contributed by atoms with van der Waals surface area (Å²) in [7, 11) is 0. The van der Waals surface area contributed by atoms with Crippen LogP contribution in [0, 0.1) is 0 Å². The van der Waals surface area contributed by atoms with Gasteiger partial charge in [0.2, 0.25) is 5.91 Å². The van der Waals surface area contributed by atoms with Crippen LogP contribution in [0.2, 0.25) is 0 Å². The molecule has 1 saturated heterocycles. The minimum atomic E-state index is -0.508. The van der Waals surface area contributed by atoms with Gasteiger partial charge in [-0.05, 0) is 57.4 Å². The van der Waals surface area contributed by atoms with Gasteiger partial charge in [-0.15, -0.1) is 11.3 Å². The molecule has 0 bridgehead atoms. The zero-order valence-electron chi connectivity index (χ0n) is 15.4. The van der Waals surface area contributed by atoms with Crippen molar-refractivity contribution < 1.29 is 19.1 Å². The molecule has 6 nitrogen and oxygen atoms in total. The zero-order valence-corrected chi connectivity index (χ0v) is 16.2. The van der Waals surface area contributed by atoms with E-state index in [1.54, 1.807) is 4.90 Å². The summed E-state index contributed by atoms with van der Waals surface area (Å²) in [4.78, 5) is 39.6. The molecule has 2 heterocycles. The second kappa shape index (κ2) is 8.20. The lowest BCUT2D eigenvalue weighted by Gasteiger charge is -2.33. The molecule has 0 unspecified atom stereocenters. The number of ether oxygens (including phenoxy) is 1. The Hall–Kier alpha value is -1.89. The predicted octanol–water partition coefficient (Wildman–Crippen LogP) is 3.14. The number of piperidine rings is 1. The maximum Gasteiger partial charge on any atom is 0.341 e. The van der Waals surface area contributed by atoms with Gasteiger partial charge in [0.05, 0.1) is 5.56 Å². The predicted molar refractivity (Wildman–Crippen MR) is 101 cm³/mol. The van der Waals surface area contributed by atoms with Crippen molar-refractivity contribution in [3.05, 3.63) is 16.0 Å². The summed E-state index contributed by atoms with van der Waals surface area (Å²) in [5.74, 6) is -0.863. The van der Waals surface area contributed by atoms with Crippen molar-refractivity contribution in [2.24, 2.45) is 0 Å². The van der Waals surface area contributed by atoms with E-state index in [2.05, 4.69) is 5.32 Å². The number of fused-ring (bicyclic) bond motifs is 1. The third-order valence-electron chi connectivity index (χ3n) is 5.12. The number of hydrogen-bond acceptors (Lipinski definition) is 5. The number of amides is 2. The molecule has 7 heteroatoms. The van der Waals surface area contributed by atoms with Gasteiger partial charge >= 0.3 is 5.97 Å². The average Bonchev–Trinajstić information content (AvgIpc) is 2.96. The van der Waals surface area contributed by atoms with Crippen LogP contribution in [0.4, 0.5) is 5.00 Å². The Labute approximate surface area is 157 Å². The van der Waals surface area contributed by atoms with E-state index in [9.17, 15) is 14.4 Å². The summed E-state index contributed by atoms with van der Waals surface area (Å²) >= 11 is 1.45. The smallest absolute Gasteiger partial charge is 0.341 e. The van der Waals surface area contributed by atoms with Crippen molar-refractivity contribution in [2.45, 2.75) is 64.8 Å². The Bertz CT molecular complexity index is 713. The number of hydrogen-bond donors (Lipinski definition) is 1. The van der Waals surface area contributed by atoms with Crippen LogP contribution in [0.1, 0.15) is 66.8 Å². The number of carbonyl (C=O) groups is 3. The lowest BCUT2D eigenvalue weighted by atomic mass is 9.95. The van der Waals surface area contributed by atoms with E-state index in [0.717, 1.165) is 61.9 Å². The summed E-state index contributed by atoms with van der Waals surface area (Å²) in [5.41, 5.74) is 1.42. The molecule has 1 aliphatic carbocycles. The minimum Gasteiger partial charge on any atom is -0.452 e. The van der Waals surface area contributed by atoms with Crippen LogP contribution in [-0.4, -0.2) is 41.9 Å². The lowest BCUT2D eigenvalue weighted by molar-refractivity contribution is -0.137. The largest absolute Gasteiger partial charge is 0.452 e. The topological polar surface area (TPSA) is 75.7 Å². The van der Waals surface area contributed by atoms with Crippen LogP contribution >= 0.6 is 11.3 Å². The molecule has 0 spiro atoms.